The van der Waals surface area contributed by atoms with Gasteiger partial charge in [0.1, 0.15) is 12.4 Å². The third-order valence-electron chi connectivity index (χ3n) is 4.99. The molecule has 0 radical (unpaired) electrons. The Bertz CT molecular complexity index is 1120. The summed E-state index contributed by atoms with van der Waals surface area (Å²) in [6, 6.07) is 17.8. The lowest BCUT2D eigenvalue weighted by molar-refractivity contribution is -0.117. The summed E-state index contributed by atoms with van der Waals surface area (Å²) in [4.78, 5) is 26.0. The van der Waals surface area contributed by atoms with Gasteiger partial charge in [0.25, 0.3) is 11.9 Å². The minimum absolute atomic E-state index is 0.0726. The summed E-state index contributed by atoms with van der Waals surface area (Å²) in [5.74, 6) is 1.26. The molecule has 164 valence electrons. The summed E-state index contributed by atoms with van der Waals surface area (Å²) < 4.78 is 16.3. The molecule has 1 aromatic heterocycles. The van der Waals surface area contributed by atoms with E-state index in [1.807, 2.05) is 30.3 Å². The first kappa shape index (κ1) is 21.2. The number of methoxy groups -OCH3 is 1. The third kappa shape index (κ3) is 5.15. The number of amides is 2. The molecule has 2 amide bonds. The normalized spacial score (nSPS) is 13.5. The van der Waals surface area contributed by atoms with Crippen molar-refractivity contribution in [3.8, 4) is 11.7 Å². The zero-order valence-corrected chi connectivity index (χ0v) is 17.6. The number of anilines is 1. The second kappa shape index (κ2) is 9.82. The van der Waals surface area contributed by atoms with E-state index in [0.717, 1.165) is 17.7 Å². The maximum atomic E-state index is 12.4. The van der Waals surface area contributed by atoms with E-state index in [0.29, 0.717) is 42.5 Å². The van der Waals surface area contributed by atoms with Crippen molar-refractivity contribution in [2.24, 2.45) is 5.10 Å². The SMILES string of the molecule is COc1ccc(COc2ccc(/C=N/NC(=O)c3cccc(N4CCCC4=O)c3)o2)cc1. The molecule has 0 unspecified atom stereocenters. The van der Waals surface area contributed by atoms with E-state index in [2.05, 4.69) is 10.5 Å². The van der Waals surface area contributed by atoms with Gasteiger partial charge < -0.3 is 18.8 Å². The highest BCUT2D eigenvalue weighted by atomic mass is 16.6. The highest BCUT2D eigenvalue weighted by Gasteiger charge is 2.22. The Morgan fingerprint density at radius 1 is 1.19 bits per heavy atom. The van der Waals surface area contributed by atoms with Crippen LogP contribution in [0.15, 0.2) is 70.2 Å². The van der Waals surface area contributed by atoms with Crippen molar-refractivity contribution in [2.75, 3.05) is 18.6 Å². The lowest BCUT2D eigenvalue weighted by Crippen LogP contribution is -2.24. The van der Waals surface area contributed by atoms with Gasteiger partial charge in [-0.05, 0) is 48.4 Å². The summed E-state index contributed by atoms with van der Waals surface area (Å²) in [6.45, 7) is 1.02. The van der Waals surface area contributed by atoms with Crippen LogP contribution >= 0.6 is 0 Å². The van der Waals surface area contributed by atoms with Crippen molar-refractivity contribution in [3.05, 3.63) is 77.6 Å². The number of hydrogen-bond acceptors (Lipinski definition) is 6. The Kier molecular flexibility index (Phi) is 6.50. The average Bonchev–Trinajstić information content (AvgIpc) is 3.47. The molecule has 2 aromatic carbocycles. The van der Waals surface area contributed by atoms with E-state index < -0.39 is 0 Å². The Labute approximate surface area is 185 Å². The van der Waals surface area contributed by atoms with E-state index in [-0.39, 0.29) is 11.8 Å². The van der Waals surface area contributed by atoms with Crippen molar-refractivity contribution in [2.45, 2.75) is 19.4 Å². The fraction of sp³-hybridized carbons (Fsp3) is 0.208. The van der Waals surface area contributed by atoms with Crippen LogP contribution in [0.2, 0.25) is 0 Å². The molecule has 4 rings (SSSR count). The third-order valence-corrected chi connectivity index (χ3v) is 4.99. The number of rotatable bonds is 8. The highest BCUT2D eigenvalue weighted by Crippen LogP contribution is 2.22. The van der Waals surface area contributed by atoms with Crippen LogP contribution in [0.1, 0.15) is 34.5 Å². The molecule has 8 nitrogen and oxygen atoms in total. The van der Waals surface area contributed by atoms with Crippen LogP contribution in [0.25, 0.3) is 0 Å². The molecule has 1 saturated heterocycles. The number of benzene rings is 2. The molecule has 1 aliphatic heterocycles. The fourth-order valence-electron chi connectivity index (χ4n) is 3.31. The number of nitrogens with one attached hydrogen (secondary N) is 1. The van der Waals surface area contributed by atoms with Crippen LogP contribution in [0.4, 0.5) is 5.69 Å². The first-order valence-corrected chi connectivity index (χ1v) is 10.2. The molecule has 2 heterocycles. The topological polar surface area (TPSA) is 93.4 Å². The van der Waals surface area contributed by atoms with Crippen LogP contribution in [-0.4, -0.2) is 31.7 Å². The van der Waals surface area contributed by atoms with Crippen LogP contribution in [0.5, 0.6) is 11.7 Å². The molecule has 3 aromatic rings. The number of carbonyl (C=O) groups excluding carboxylic acids is 2. The molecule has 0 bridgehead atoms. The predicted molar refractivity (Wildman–Crippen MR) is 119 cm³/mol. The second-order valence-electron chi connectivity index (χ2n) is 7.19. The van der Waals surface area contributed by atoms with Gasteiger partial charge in [0.15, 0.2) is 5.76 Å². The van der Waals surface area contributed by atoms with Crippen LogP contribution in [-0.2, 0) is 11.4 Å². The van der Waals surface area contributed by atoms with Crippen LogP contribution in [0, 0.1) is 0 Å². The van der Waals surface area contributed by atoms with Crippen LogP contribution in [0.3, 0.4) is 0 Å². The molecule has 8 heteroatoms. The van der Waals surface area contributed by atoms with E-state index in [9.17, 15) is 9.59 Å². The van der Waals surface area contributed by atoms with Gasteiger partial charge in [-0.3, -0.25) is 9.59 Å². The smallest absolute Gasteiger partial charge is 0.285 e. The van der Waals surface area contributed by atoms with Crippen molar-refractivity contribution in [3.63, 3.8) is 0 Å². The number of nitrogens with zero attached hydrogens (tertiary/aromatic N) is 2. The van der Waals surface area contributed by atoms with E-state index in [1.165, 1.54) is 6.21 Å². The molecule has 1 N–H and O–H groups in total. The predicted octanol–water partition coefficient (Wildman–Crippen LogP) is 3.76. The molecule has 1 aliphatic rings. The quantitative estimate of drug-likeness (QED) is 0.431. The first-order chi connectivity index (χ1) is 15.6. The number of hydrazone groups is 1. The summed E-state index contributed by atoms with van der Waals surface area (Å²) in [7, 11) is 1.62. The standard InChI is InChI=1S/C24H23N3O5/c1-30-20-9-7-17(8-10-20)16-31-23-12-11-21(32-23)15-25-26-24(29)18-4-2-5-19(14-18)27-13-3-6-22(27)28/h2,4-5,7-12,14-15H,3,6,13,16H2,1H3,(H,26,29)/b25-15+. The number of ether oxygens (including phenoxy) is 2. The zero-order valence-electron chi connectivity index (χ0n) is 17.6. The molecular weight excluding hydrogens is 410 g/mol. The summed E-state index contributed by atoms with van der Waals surface area (Å²) >= 11 is 0. The largest absolute Gasteiger partial charge is 0.497 e. The van der Waals surface area contributed by atoms with E-state index in [4.69, 9.17) is 13.9 Å². The minimum atomic E-state index is -0.378. The molecule has 0 saturated carbocycles. The summed E-state index contributed by atoms with van der Waals surface area (Å²) in [5.41, 5.74) is 4.58. The molecule has 32 heavy (non-hydrogen) atoms. The molecular formula is C24H23N3O5. The van der Waals surface area contributed by atoms with Gasteiger partial charge in [-0.1, -0.05) is 18.2 Å². The monoisotopic (exact) mass is 433 g/mol. The first-order valence-electron chi connectivity index (χ1n) is 10.2. The number of carbonyl (C=O) groups is 2. The fourth-order valence-corrected chi connectivity index (χ4v) is 3.31. The van der Waals surface area contributed by atoms with E-state index in [1.54, 1.807) is 42.3 Å². The molecule has 1 fully saturated rings. The van der Waals surface area contributed by atoms with Crippen molar-refractivity contribution in [1.29, 1.82) is 0 Å². The number of furan rings is 1. The van der Waals surface area contributed by atoms with Gasteiger partial charge in [0.05, 0.1) is 13.3 Å². The van der Waals surface area contributed by atoms with Crippen molar-refractivity contribution in [1.82, 2.24) is 5.43 Å². The van der Waals surface area contributed by atoms with Gasteiger partial charge in [-0.15, -0.1) is 0 Å². The summed E-state index contributed by atoms with van der Waals surface area (Å²) in [5, 5.41) is 3.94. The Morgan fingerprint density at radius 2 is 2.03 bits per heavy atom. The second-order valence-corrected chi connectivity index (χ2v) is 7.19. The molecule has 0 atom stereocenters. The van der Waals surface area contributed by atoms with E-state index >= 15 is 0 Å². The van der Waals surface area contributed by atoms with Gasteiger partial charge in [0, 0.05) is 30.3 Å². The van der Waals surface area contributed by atoms with Gasteiger partial charge >= 0.3 is 0 Å². The van der Waals surface area contributed by atoms with Gasteiger partial charge in [0.2, 0.25) is 5.91 Å². The van der Waals surface area contributed by atoms with Gasteiger partial charge in [-0.2, -0.15) is 5.10 Å². The Morgan fingerprint density at radius 3 is 2.78 bits per heavy atom. The van der Waals surface area contributed by atoms with Gasteiger partial charge in [-0.25, -0.2) is 5.43 Å². The number of hydrogen-bond donors (Lipinski definition) is 1. The maximum absolute atomic E-state index is 12.4. The average molecular weight is 433 g/mol. The molecule has 0 aliphatic carbocycles. The minimum Gasteiger partial charge on any atom is -0.497 e. The maximum Gasteiger partial charge on any atom is 0.285 e. The van der Waals surface area contributed by atoms with Crippen molar-refractivity contribution >= 4 is 23.7 Å². The summed E-state index contributed by atoms with van der Waals surface area (Å²) in [6.07, 6.45) is 2.76. The van der Waals surface area contributed by atoms with Crippen LogP contribution < -0.4 is 19.8 Å². The Balaban J connectivity index is 1.30. The highest BCUT2D eigenvalue weighted by molar-refractivity contribution is 5.99. The lowest BCUT2D eigenvalue weighted by Gasteiger charge is -2.16. The van der Waals surface area contributed by atoms with Crippen molar-refractivity contribution < 1.29 is 23.5 Å². The zero-order chi connectivity index (χ0) is 22.3. The Hall–Kier alpha value is -4.07. The molecule has 0 spiro atoms. The lowest BCUT2D eigenvalue weighted by atomic mass is 10.2.